The van der Waals surface area contributed by atoms with Gasteiger partial charge in [-0.05, 0) is 50.3 Å². The average molecular weight is 326 g/mol. The van der Waals surface area contributed by atoms with E-state index >= 15 is 0 Å². The quantitative estimate of drug-likeness (QED) is 0.879. The molecule has 0 bridgehead atoms. The van der Waals surface area contributed by atoms with E-state index in [2.05, 4.69) is 12.2 Å². The fourth-order valence-electron chi connectivity index (χ4n) is 3.17. The van der Waals surface area contributed by atoms with Crippen molar-refractivity contribution in [2.24, 2.45) is 5.92 Å². The van der Waals surface area contributed by atoms with E-state index in [0.717, 1.165) is 25.7 Å². The number of anilines is 1. The molecule has 1 aromatic carbocycles. The van der Waals surface area contributed by atoms with E-state index in [4.69, 9.17) is 21.1 Å². The summed E-state index contributed by atoms with van der Waals surface area (Å²) in [6.07, 6.45) is 3.69. The first kappa shape index (κ1) is 17.1. The third-order valence-electron chi connectivity index (χ3n) is 4.20. The van der Waals surface area contributed by atoms with E-state index in [1.165, 1.54) is 0 Å². The maximum Gasteiger partial charge on any atom is 0.256 e. The van der Waals surface area contributed by atoms with Crippen LogP contribution in [0.1, 0.15) is 39.5 Å². The van der Waals surface area contributed by atoms with Gasteiger partial charge in [0.1, 0.15) is 11.4 Å². The molecule has 0 saturated heterocycles. The van der Waals surface area contributed by atoms with Crippen LogP contribution in [0.4, 0.5) is 5.69 Å². The minimum atomic E-state index is -0.723. The Hall–Kier alpha value is -1.26. The zero-order chi connectivity index (χ0) is 16.2. The number of methoxy groups -OCH3 is 1. The number of ether oxygens (including phenoxy) is 2. The van der Waals surface area contributed by atoms with Crippen molar-refractivity contribution in [3.63, 3.8) is 0 Å². The van der Waals surface area contributed by atoms with Crippen LogP contribution in [0.15, 0.2) is 18.2 Å². The van der Waals surface area contributed by atoms with Gasteiger partial charge in [-0.25, -0.2) is 0 Å². The van der Waals surface area contributed by atoms with Gasteiger partial charge < -0.3 is 14.8 Å². The second-order valence-corrected chi connectivity index (χ2v) is 6.34. The summed E-state index contributed by atoms with van der Waals surface area (Å²) in [5.74, 6) is 0.998. The van der Waals surface area contributed by atoms with Crippen LogP contribution < -0.4 is 10.1 Å². The molecule has 1 aliphatic rings. The minimum absolute atomic E-state index is 0.0814. The van der Waals surface area contributed by atoms with Gasteiger partial charge >= 0.3 is 0 Å². The van der Waals surface area contributed by atoms with E-state index in [0.29, 0.717) is 29.0 Å². The van der Waals surface area contributed by atoms with Crippen LogP contribution in [-0.2, 0) is 9.53 Å². The molecule has 0 radical (unpaired) electrons. The van der Waals surface area contributed by atoms with Crippen molar-refractivity contribution in [1.29, 1.82) is 0 Å². The van der Waals surface area contributed by atoms with E-state index in [1.54, 1.807) is 25.3 Å². The summed E-state index contributed by atoms with van der Waals surface area (Å²) in [6.45, 7) is 4.63. The van der Waals surface area contributed by atoms with Crippen LogP contribution in [0.5, 0.6) is 5.75 Å². The topological polar surface area (TPSA) is 47.6 Å². The third kappa shape index (κ3) is 3.73. The Morgan fingerprint density at radius 3 is 2.86 bits per heavy atom. The van der Waals surface area contributed by atoms with Gasteiger partial charge in [0.05, 0.1) is 12.1 Å². The van der Waals surface area contributed by atoms with Crippen LogP contribution in [-0.4, -0.2) is 25.2 Å². The summed E-state index contributed by atoms with van der Waals surface area (Å²) in [7, 11) is 1.56. The zero-order valence-electron chi connectivity index (χ0n) is 13.4. The van der Waals surface area contributed by atoms with Crippen LogP contribution in [0.25, 0.3) is 0 Å². The van der Waals surface area contributed by atoms with Crippen molar-refractivity contribution in [2.75, 3.05) is 19.0 Å². The molecule has 0 unspecified atom stereocenters. The lowest BCUT2D eigenvalue weighted by Crippen LogP contribution is -2.48. The number of carbonyl (C=O) groups excluding carboxylic acids is 1. The normalized spacial score (nSPS) is 24.8. The highest BCUT2D eigenvalue weighted by atomic mass is 35.5. The summed E-state index contributed by atoms with van der Waals surface area (Å²) in [6, 6.07) is 5.23. The smallest absolute Gasteiger partial charge is 0.256 e. The third-order valence-corrected chi connectivity index (χ3v) is 4.50. The maximum absolute atomic E-state index is 12.8. The molecule has 1 saturated carbocycles. The van der Waals surface area contributed by atoms with E-state index in [1.807, 2.05) is 6.92 Å². The lowest BCUT2D eigenvalue weighted by Gasteiger charge is -2.38. The van der Waals surface area contributed by atoms with Gasteiger partial charge in [-0.3, -0.25) is 4.79 Å². The average Bonchev–Trinajstić information content (AvgIpc) is 2.47. The Morgan fingerprint density at radius 2 is 2.27 bits per heavy atom. The summed E-state index contributed by atoms with van der Waals surface area (Å²) < 4.78 is 11.0. The van der Waals surface area contributed by atoms with Gasteiger partial charge in [0.15, 0.2) is 0 Å². The van der Waals surface area contributed by atoms with Crippen molar-refractivity contribution in [3.05, 3.63) is 23.2 Å². The number of halogens is 1. The lowest BCUT2D eigenvalue weighted by atomic mass is 9.78. The highest BCUT2D eigenvalue weighted by Crippen LogP contribution is 2.36. The highest BCUT2D eigenvalue weighted by molar-refractivity contribution is 6.32. The fraction of sp³-hybridized carbons (Fsp3) is 0.588. The molecule has 1 amide bonds. The lowest BCUT2D eigenvalue weighted by molar-refractivity contribution is -0.147. The monoisotopic (exact) mass is 325 g/mol. The second-order valence-electron chi connectivity index (χ2n) is 5.93. The molecule has 4 nitrogen and oxygen atoms in total. The van der Waals surface area contributed by atoms with E-state index in [9.17, 15) is 4.79 Å². The largest absolute Gasteiger partial charge is 0.495 e. The molecule has 0 heterocycles. The molecule has 1 N–H and O–H groups in total. The first-order chi connectivity index (χ1) is 10.5. The van der Waals surface area contributed by atoms with Gasteiger partial charge in [-0.1, -0.05) is 24.9 Å². The molecule has 22 heavy (non-hydrogen) atoms. The van der Waals surface area contributed by atoms with E-state index in [-0.39, 0.29) is 5.91 Å². The molecule has 0 aromatic heterocycles. The summed E-state index contributed by atoms with van der Waals surface area (Å²) in [5.41, 5.74) is -0.0631. The summed E-state index contributed by atoms with van der Waals surface area (Å²) in [5, 5.41) is 3.42. The molecule has 0 spiro atoms. The first-order valence-electron chi connectivity index (χ1n) is 7.79. The molecule has 5 heteroatoms. The number of hydrogen-bond acceptors (Lipinski definition) is 3. The minimum Gasteiger partial charge on any atom is -0.495 e. The summed E-state index contributed by atoms with van der Waals surface area (Å²) in [4.78, 5) is 12.8. The highest BCUT2D eigenvalue weighted by Gasteiger charge is 2.42. The van der Waals surface area contributed by atoms with Gasteiger partial charge in [0.25, 0.3) is 5.91 Å². The zero-order valence-corrected chi connectivity index (χ0v) is 14.2. The standard InChI is InChI=1S/C17H24ClNO3/c1-4-22-17(9-5-6-12(2)11-17)16(20)19-13-7-8-15(21-3)14(18)10-13/h7-8,10,12H,4-6,9,11H2,1-3H3,(H,19,20)/t12-,17-/m1/s1. The molecule has 1 aliphatic carbocycles. The Morgan fingerprint density at radius 1 is 1.50 bits per heavy atom. The molecule has 2 rings (SSSR count). The molecule has 1 aromatic rings. The van der Waals surface area contributed by atoms with Gasteiger partial charge in [0.2, 0.25) is 0 Å². The molecule has 2 atom stereocenters. The maximum atomic E-state index is 12.8. The molecular formula is C17H24ClNO3. The number of hydrogen-bond donors (Lipinski definition) is 1. The Kier molecular flexibility index (Phi) is 5.70. The number of amides is 1. The number of rotatable bonds is 5. The van der Waals surface area contributed by atoms with Crippen LogP contribution >= 0.6 is 11.6 Å². The second kappa shape index (κ2) is 7.34. The molecule has 122 valence electrons. The van der Waals surface area contributed by atoms with Gasteiger partial charge in [-0.2, -0.15) is 0 Å². The molecule has 0 aliphatic heterocycles. The Bertz CT molecular complexity index is 531. The van der Waals surface area contributed by atoms with Crippen molar-refractivity contribution in [1.82, 2.24) is 0 Å². The Balaban J connectivity index is 2.16. The van der Waals surface area contributed by atoms with Crippen LogP contribution in [0.2, 0.25) is 5.02 Å². The SMILES string of the molecule is CCO[C@]1(C(=O)Nc2ccc(OC)c(Cl)c2)CCC[C@@H](C)C1. The van der Waals surface area contributed by atoms with Crippen LogP contribution in [0.3, 0.4) is 0 Å². The van der Waals surface area contributed by atoms with Crippen molar-refractivity contribution < 1.29 is 14.3 Å². The number of carbonyl (C=O) groups is 1. The predicted octanol–water partition coefficient (Wildman–Crippen LogP) is 4.27. The van der Waals surface area contributed by atoms with Crippen LogP contribution in [0, 0.1) is 5.92 Å². The predicted molar refractivity (Wildman–Crippen MR) is 88.6 cm³/mol. The summed E-state index contributed by atoms with van der Waals surface area (Å²) >= 11 is 6.11. The van der Waals surface area contributed by atoms with E-state index < -0.39 is 5.60 Å². The number of nitrogens with one attached hydrogen (secondary N) is 1. The van der Waals surface area contributed by atoms with Crippen molar-refractivity contribution >= 4 is 23.2 Å². The van der Waals surface area contributed by atoms with Crippen molar-refractivity contribution in [3.8, 4) is 5.75 Å². The fourth-order valence-corrected chi connectivity index (χ4v) is 3.43. The van der Waals surface area contributed by atoms with Crippen molar-refractivity contribution in [2.45, 2.75) is 45.1 Å². The number of benzene rings is 1. The van der Waals surface area contributed by atoms with Gasteiger partial charge in [-0.15, -0.1) is 0 Å². The first-order valence-corrected chi connectivity index (χ1v) is 8.17. The molecule has 1 fully saturated rings. The molecular weight excluding hydrogens is 302 g/mol. The van der Waals surface area contributed by atoms with Gasteiger partial charge in [0, 0.05) is 12.3 Å². The Labute approximate surface area is 137 Å².